The summed E-state index contributed by atoms with van der Waals surface area (Å²) in [7, 11) is -4.36. The Morgan fingerprint density at radius 1 is 1.20 bits per heavy atom. The van der Waals surface area contributed by atoms with Crippen LogP contribution < -0.4 is 4.72 Å². The first-order chi connectivity index (χ1) is 9.44. The predicted octanol–water partition coefficient (Wildman–Crippen LogP) is 1.05. The molecular weight excluding hydrogens is 292 g/mol. The number of hydrogen-bond acceptors (Lipinski definition) is 5. The fourth-order valence-electron chi connectivity index (χ4n) is 1.47. The first kappa shape index (κ1) is 14.3. The maximum Gasteiger partial charge on any atom is 0.265 e. The summed E-state index contributed by atoms with van der Waals surface area (Å²) in [5, 5.41) is 8.91. The van der Waals surface area contributed by atoms with Gasteiger partial charge in [0.1, 0.15) is 11.2 Å². The standard InChI is InChI=1S/C11H9F2N3O3S/c12-9-1-7(5-17)2-10(11(9)13)20(18,19)16-8-3-14-6-15-4-8/h1-4,6,16-17H,5H2. The molecule has 106 valence electrons. The Labute approximate surface area is 113 Å². The Bertz CT molecular complexity index is 723. The third-order valence-electron chi connectivity index (χ3n) is 2.34. The van der Waals surface area contributed by atoms with Crippen molar-refractivity contribution in [2.45, 2.75) is 11.5 Å². The summed E-state index contributed by atoms with van der Waals surface area (Å²) in [4.78, 5) is 6.28. The van der Waals surface area contributed by atoms with E-state index in [-0.39, 0.29) is 11.3 Å². The van der Waals surface area contributed by atoms with Gasteiger partial charge in [-0.25, -0.2) is 27.2 Å². The average Bonchev–Trinajstić information content (AvgIpc) is 2.42. The minimum Gasteiger partial charge on any atom is -0.392 e. The van der Waals surface area contributed by atoms with Crippen LogP contribution >= 0.6 is 0 Å². The summed E-state index contributed by atoms with van der Waals surface area (Å²) in [6, 6.07) is 1.57. The summed E-state index contributed by atoms with van der Waals surface area (Å²) in [6.07, 6.45) is 3.51. The molecule has 1 aromatic carbocycles. The van der Waals surface area contributed by atoms with Crippen LogP contribution in [0.5, 0.6) is 0 Å². The predicted molar refractivity (Wildman–Crippen MR) is 65.1 cm³/mol. The lowest BCUT2D eigenvalue weighted by Gasteiger charge is -2.10. The Morgan fingerprint density at radius 3 is 2.45 bits per heavy atom. The SMILES string of the molecule is O=S(=O)(Nc1cncnc1)c1cc(CO)cc(F)c1F. The van der Waals surface area contributed by atoms with Gasteiger partial charge >= 0.3 is 0 Å². The van der Waals surface area contributed by atoms with Crippen molar-refractivity contribution in [2.75, 3.05) is 4.72 Å². The van der Waals surface area contributed by atoms with Gasteiger partial charge < -0.3 is 5.11 Å². The minimum atomic E-state index is -4.36. The van der Waals surface area contributed by atoms with Crippen molar-refractivity contribution < 1.29 is 22.3 Å². The van der Waals surface area contributed by atoms with E-state index in [1.807, 2.05) is 4.72 Å². The lowest BCUT2D eigenvalue weighted by atomic mass is 10.2. The summed E-state index contributed by atoms with van der Waals surface area (Å²) in [5.74, 6) is -2.88. The molecule has 2 rings (SSSR count). The topological polar surface area (TPSA) is 92.2 Å². The lowest BCUT2D eigenvalue weighted by molar-refractivity contribution is 0.280. The quantitative estimate of drug-likeness (QED) is 0.880. The molecular formula is C11H9F2N3O3S. The number of nitrogens with one attached hydrogen (secondary N) is 1. The van der Waals surface area contributed by atoms with Gasteiger partial charge in [0.05, 0.1) is 24.7 Å². The maximum atomic E-state index is 13.6. The molecule has 0 aliphatic heterocycles. The maximum absolute atomic E-state index is 13.6. The molecule has 1 aromatic heterocycles. The van der Waals surface area contributed by atoms with E-state index in [1.54, 1.807) is 0 Å². The molecule has 1 heterocycles. The fraction of sp³-hybridized carbons (Fsp3) is 0.0909. The van der Waals surface area contributed by atoms with Crippen LogP contribution in [0.1, 0.15) is 5.56 Å². The highest BCUT2D eigenvalue weighted by Gasteiger charge is 2.23. The van der Waals surface area contributed by atoms with E-state index < -0.39 is 33.2 Å². The Hall–Kier alpha value is -2.13. The largest absolute Gasteiger partial charge is 0.392 e. The first-order valence-electron chi connectivity index (χ1n) is 5.30. The number of hydrogen-bond donors (Lipinski definition) is 2. The van der Waals surface area contributed by atoms with Gasteiger partial charge in [0, 0.05) is 0 Å². The van der Waals surface area contributed by atoms with Crippen LogP contribution in [0.3, 0.4) is 0 Å². The van der Waals surface area contributed by atoms with Gasteiger partial charge in [0.25, 0.3) is 10.0 Å². The molecule has 0 bridgehead atoms. The molecule has 0 saturated carbocycles. The van der Waals surface area contributed by atoms with Gasteiger partial charge in [-0.15, -0.1) is 0 Å². The van der Waals surface area contributed by atoms with Crippen molar-refractivity contribution in [1.29, 1.82) is 0 Å². The molecule has 2 aromatic rings. The number of halogens is 2. The number of aliphatic hydroxyl groups excluding tert-OH is 1. The highest BCUT2D eigenvalue weighted by molar-refractivity contribution is 7.92. The van der Waals surface area contributed by atoms with Crippen LogP contribution in [0.2, 0.25) is 0 Å². The second-order valence-electron chi connectivity index (χ2n) is 3.78. The summed E-state index contributed by atoms with van der Waals surface area (Å²) in [6.45, 7) is -0.617. The van der Waals surface area contributed by atoms with Crippen molar-refractivity contribution in [2.24, 2.45) is 0 Å². The van der Waals surface area contributed by atoms with Crippen LogP contribution in [-0.4, -0.2) is 23.5 Å². The molecule has 0 aliphatic rings. The van der Waals surface area contributed by atoms with Gasteiger partial charge in [-0.05, 0) is 17.7 Å². The van der Waals surface area contributed by atoms with Crippen molar-refractivity contribution in [3.05, 3.63) is 48.1 Å². The van der Waals surface area contributed by atoms with Crippen LogP contribution in [0.4, 0.5) is 14.5 Å². The molecule has 0 spiro atoms. The van der Waals surface area contributed by atoms with Crippen molar-refractivity contribution in [3.63, 3.8) is 0 Å². The van der Waals surface area contributed by atoms with E-state index >= 15 is 0 Å². The monoisotopic (exact) mass is 301 g/mol. The van der Waals surface area contributed by atoms with E-state index in [2.05, 4.69) is 9.97 Å². The second kappa shape index (κ2) is 5.47. The van der Waals surface area contributed by atoms with Gasteiger partial charge in [0.15, 0.2) is 11.6 Å². The van der Waals surface area contributed by atoms with Crippen molar-refractivity contribution >= 4 is 15.7 Å². The average molecular weight is 301 g/mol. The number of rotatable bonds is 4. The van der Waals surface area contributed by atoms with Crippen molar-refractivity contribution in [1.82, 2.24) is 9.97 Å². The van der Waals surface area contributed by atoms with E-state index in [0.29, 0.717) is 0 Å². The van der Waals surface area contributed by atoms with Crippen molar-refractivity contribution in [3.8, 4) is 0 Å². The lowest BCUT2D eigenvalue weighted by Crippen LogP contribution is -2.16. The molecule has 0 fully saturated rings. The number of benzene rings is 1. The molecule has 2 N–H and O–H groups in total. The second-order valence-corrected chi connectivity index (χ2v) is 5.43. The molecule has 20 heavy (non-hydrogen) atoms. The zero-order valence-electron chi connectivity index (χ0n) is 9.92. The van der Waals surface area contributed by atoms with Crippen LogP contribution in [0, 0.1) is 11.6 Å². The number of sulfonamides is 1. The highest BCUT2D eigenvalue weighted by atomic mass is 32.2. The van der Waals surface area contributed by atoms with Gasteiger partial charge in [0.2, 0.25) is 0 Å². The molecule has 0 aliphatic carbocycles. The van der Waals surface area contributed by atoms with E-state index in [1.165, 1.54) is 6.33 Å². The van der Waals surface area contributed by atoms with Gasteiger partial charge in [-0.1, -0.05) is 0 Å². The van der Waals surface area contributed by atoms with Gasteiger partial charge in [-0.3, -0.25) is 4.72 Å². The first-order valence-corrected chi connectivity index (χ1v) is 6.79. The molecule has 6 nitrogen and oxygen atoms in total. The Morgan fingerprint density at radius 2 is 1.85 bits per heavy atom. The normalized spacial score (nSPS) is 11.3. The highest BCUT2D eigenvalue weighted by Crippen LogP contribution is 2.22. The number of aliphatic hydroxyl groups is 1. The molecule has 0 atom stereocenters. The third kappa shape index (κ3) is 2.89. The number of anilines is 1. The van der Waals surface area contributed by atoms with E-state index in [9.17, 15) is 17.2 Å². The number of nitrogens with zero attached hydrogens (tertiary/aromatic N) is 2. The summed E-state index contributed by atoms with van der Waals surface area (Å²) >= 11 is 0. The van der Waals surface area contributed by atoms with E-state index in [4.69, 9.17) is 5.11 Å². The zero-order chi connectivity index (χ0) is 14.8. The van der Waals surface area contributed by atoms with Crippen LogP contribution in [-0.2, 0) is 16.6 Å². The minimum absolute atomic E-state index is 0.00158. The fourth-order valence-corrected chi connectivity index (χ4v) is 2.63. The van der Waals surface area contributed by atoms with Gasteiger partial charge in [-0.2, -0.15) is 0 Å². The molecule has 0 unspecified atom stereocenters. The van der Waals surface area contributed by atoms with Crippen LogP contribution in [0.25, 0.3) is 0 Å². The molecule has 0 radical (unpaired) electrons. The number of aromatic nitrogens is 2. The smallest absolute Gasteiger partial charge is 0.265 e. The molecule has 0 amide bonds. The van der Waals surface area contributed by atoms with Crippen LogP contribution in [0.15, 0.2) is 35.7 Å². The summed E-state index contributed by atoms with van der Waals surface area (Å²) < 4.78 is 52.9. The third-order valence-corrected chi connectivity index (χ3v) is 3.72. The Balaban J connectivity index is 2.47. The summed E-state index contributed by atoms with van der Waals surface area (Å²) in [5.41, 5.74) is -0.0599. The molecule has 9 heteroatoms. The zero-order valence-corrected chi connectivity index (χ0v) is 10.7. The van der Waals surface area contributed by atoms with E-state index in [0.717, 1.165) is 24.5 Å². The molecule has 0 saturated heterocycles. The Kier molecular flexibility index (Phi) is 3.91.